The minimum Gasteiger partial charge on any atom is -0.337 e. The number of carbonyl (C=O) groups excluding carboxylic acids is 1. The van der Waals surface area contributed by atoms with Crippen LogP contribution >= 0.6 is 0 Å². The lowest BCUT2D eigenvalue weighted by atomic mass is 9.96. The number of likely N-dealkylation sites (N-methyl/N-ethyl adjacent to an activating group) is 1. The Balaban J connectivity index is 1.48. The average molecular weight is 543 g/mol. The highest BCUT2D eigenvalue weighted by atomic mass is 16.2. The maximum Gasteiger partial charge on any atom is 0.227 e. The fourth-order valence-corrected chi connectivity index (χ4v) is 6.23. The summed E-state index contributed by atoms with van der Waals surface area (Å²) in [6.07, 6.45) is 3.75. The Morgan fingerprint density at radius 2 is 1.70 bits per heavy atom. The van der Waals surface area contributed by atoms with Gasteiger partial charge in [-0.15, -0.1) is 0 Å². The molecule has 1 amide bonds. The van der Waals surface area contributed by atoms with Crippen LogP contribution in [-0.4, -0.2) is 98.0 Å². The number of fused-ring (bicyclic) bond motifs is 1. The zero-order valence-corrected chi connectivity index (χ0v) is 25.9. The van der Waals surface area contributed by atoms with E-state index in [4.69, 9.17) is 0 Å². The molecule has 0 aliphatic carbocycles. The number of carbonyl (C=O) groups is 1. The van der Waals surface area contributed by atoms with Crippen LogP contribution in [0, 0.1) is 13.8 Å². The molecule has 5 nitrogen and oxygen atoms in total. The number of aryl methyl sites for hydroxylation is 2. The number of rotatable bonds is 11. The van der Waals surface area contributed by atoms with Crippen LogP contribution in [0.2, 0.25) is 0 Å². The van der Waals surface area contributed by atoms with Gasteiger partial charge < -0.3 is 14.7 Å². The SMILES string of the molecule is Cc1ccc(C[C@H](CN2C[C@@H](C)N(C(=O)Cc3ccc4ccccc4c3)C[C@@H]2CCCN(C)C)N(C)C)c(C)c1. The summed E-state index contributed by atoms with van der Waals surface area (Å²) in [5, 5.41) is 2.42. The third-order valence-corrected chi connectivity index (χ3v) is 8.72. The largest absolute Gasteiger partial charge is 0.337 e. The molecule has 0 N–H and O–H groups in total. The van der Waals surface area contributed by atoms with Gasteiger partial charge in [0.1, 0.15) is 0 Å². The zero-order chi connectivity index (χ0) is 28.8. The van der Waals surface area contributed by atoms with Crippen LogP contribution in [0.3, 0.4) is 0 Å². The highest BCUT2D eigenvalue weighted by molar-refractivity contribution is 5.85. The van der Waals surface area contributed by atoms with Crippen molar-refractivity contribution < 1.29 is 4.79 Å². The molecular weight excluding hydrogens is 492 g/mol. The van der Waals surface area contributed by atoms with Crippen LogP contribution in [0.4, 0.5) is 0 Å². The Morgan fingerprint density at radius 1 is 0.950 bits per heavy atom. The summed E-state index contributed by atoms with van der Waals surface area (Å²) in [5.74, 6) is 0.250. The second-order valence-corrected chi connectivity index (χ2v) is 12.6. The number of piperazine rings is 1. The van der Waals surface area contributed by atoms with Crippen LogP contribution in [0.5, 0.6) is 0 Å². The van der Waals surface area contributed by atoms with E-state index in [0.29, 0.717) is 18.5 Å². The molecule has 1 fully saturated rings. The molecular formula is C35H50N4O. The molecule has 3 aromatic carbocycles. The van der Waals surface area contributed by atoms with Crippen LogP contribution in [0.25, 0.3) is 10.8 Å². The first kappa shape index (κ1) is 30.2. The van der Waals surface area contributed by atoms with Gasteiger partial charge in [0.05, 0.1) is 6.42 Å². The van der Waals surface area contributed by atoms with Crippen molar-refractivity contribution in [1.82, 2.24) is 19.6 Å². The van der Waals surface area contributed by atoms with Crippen molar-refractivity contribution in [2.45, 2.75) is 64.6 Å². The van der Waals surface area contributed by atoms with Gasteiger partial charge in [0, 0.05) is 37.8 Å². The minimum atomic E-state index is 0.196. The van der Waals surface area contributed by atoms with Gasteiger partial charge in [-0.3, -0.25) is 9.69 Å². The monoisotopic (exact) mass is 542 g/mol. The van der Waals surface area contributed by atoms with Gasteiger partial charge in [0.15, 0.2) is 0 Å². The Bertz CT molecular complexity index is 1270. The van der Waals surface area contributed by atoms with E-state index in [2.05, 4.69) is 129 Å². The number of benzene rings is 3. The quantitative estimate of drug-likeness (QED) is 0.324. The van der Waals surface area contributed by atoms with Crippen molar-refractivity contribution in [2.24, 2.45) is 0 Å². The lowest BCUT2D eigenvalue weighted by Gasteiger charge is -2.47. The second-order valence-electron chi connectivity index (χ2n) is 12.6. The smallest absolute Gasteiger partial charge is 0.227 e. The first-order chi connectivity index (χ1) is 19.1. The van der Waals surface area contributed by atoms with E-state index in [1.165, 1.54) is 27.5 Å². The molecule has 0 bridgehead atoms. The lowest BCUT2D eigenvalue weighted by molar-refractivity contribution is -0.137. The summed E-state index contributed by atoms with van der Waals surface area (Å²) >= 11 is 0. The van der Waals surface area contributed by atoms with Gasteiger partial charge in [-0.05, 0) is 102 Å². The van der Waals surface area contributed by atoms with E-state index >= 15 is 0 Å². The Labute approximate surface area is 242 Å². The maximum absolute atomic E-state index is 13.7. The summed E-state index contributed by atoms with van der Waals surface area (Å²) in [5.41, 5.74) is 5.24. The van der Waals surface area contributed by atoms with Gasteiger partial charge in [0.2, 0.25) is 5.91 Å². The summed E-state index contributed by atoms with van der Waals surface area (Å²) in [4.78, 5) is 23.2. The second kappa shape index (κ2) is 13.8. The van der Waals surface area contributed by atoms with Crippen molar-refractivity contribution in [3.63, 3.8) is 0 Å². The highest BCUT2D eigenvalue weighted by Crippen LogP contribution is 2.24. The van der Waals surface area contributed by atoms with Gasteiger partial charge in [-0.25, -0.2) is 0 Å². The summed E-state index contributed by atoms with van der Waals surface area (Å²) in [7, 11) is 8.71. The van der Waals surface area contributed by atoms with E-state index in [1.54, 1.807) is 0 Å². The Morgan fingerprint density at radius 3 is 2.40 bits per heavy atom. The molecule has 40 heavy (non-hydrogen) atoms. The minimum absolute atomic E-state index is 0.196. The average Bonchev–Trinajstić information content (AvgIpc) is 2.90. The molecule has 1 aliphatic heterocycles. The molecule has 0 radical (unpaired) electrons. The van der Waals surface area contributed by atoms with Gasteiger partial charge in [0.25, 0.3) is 0 Å². The van der Waals surface area contributed by atoms with Gasteiger partial charge in [-0.2, -0.15) is 0 Å². The normalized spacial score (nSPS) is 19.1. The predicted molar refractivity (Wildman–Crippen MR) is 169 cm³/mol. The Hall–Kier alpha value is -2.73. The van der Waals surface area contributed by atoms with Crippen LogP contribution < -0.4 is 0 Å². The molecule has 0 aromatic heterocycles. The first-order valence-electron chi connectivity index (χ1n) is 15.0. The van der Waals surface area contributed by atoms with Crippen molar-refractivity contribution >= 4 is 16.7 Å². The van der Waals surface area contributed by atoms with E-state index in [1.807, 2.05) is 0 Å². The van der Waals surface area contributed by atoms with Crippen LogP contribution in [0.1, 0.15) is 42.0 Å². The molecule has 3 aromatic rings. The molecule has 4 rings (SSSR count). The van der Waals surface area contributed by atoms with Crippen molar-refractivity contribution in [3.8, 4) is 0 Å². The molecule has 216 valence electrons. The first-order valence-corrected chi connectivity index (χ1v) is 15.0. The summed E-state index contributed by atoms with van der Waals surface area (Å²) in [6.45, 7) is 10.5. The van der Waals surface area contributed by atoms with Crippen LogP contribution in [0.15, 0.2) is 60.7 Å². The Kier molecular flexibility index (Phi) is 10.4. The number of hydrogen-bond donors (Lipinski definition) is 0. The lowest BCUT2D eigenvalue weighted by Crippen LogP contribution is -2.61. The van der Waals surface area contributed by atoms with Crippen molar-refractivity contribution in [2.75, 3.05) is 54.4 Å². The summed E-state index contributed by atoms with van der Waals surface area (Å²) < 4.78 is 0. The zero-order valence-electron chi connectivity index (χ0n) is 25.9. The third kappa shape index (κ3) is 7.93. The van der Waals surface area contributed by atoms with Crippen LogP contribution in [-0.2, 0) is 17.6 Å². The summed E-state index contributed by atoms with van der Waals surface area (Å²) in [6, 6.07) is 22.7. The topological polar surface area (TPSA) is 30.0 Å². The fraction of sp³-hybridized carbons (Fsp3) is 0.514. The molecule has 0 spiro atoms. The molecule has 0 saturated carbocycles. The third-order valence-electron chi connectivity index (χ3n) is 8.72. The number of hydrogen-bond acceptors (Lipinski definition) is 4. The maximum atomic E-state index is 13.7. The van der Waals surface area contributed by atoms with E-state index in [-0.39, 0.29) is 11.9 Å². The number of amides is 1. The van der Waals surface area contributed by atoms with Crippen molar-refractivity contribution in [3.05, 3.63) is 82.9 Å². The highest BCUT2D eigenvalue weighted by Gasteiger charge is 2.35. The molecule has 1 aliphatic rings. The fourth-order valence-electron chi connectivity index (χ4n) is 6.23. The molecule has 0 unspecified atom stereocenters. The van der Waals surface area contributed by atoms with E-state index < -0.39 is 0 Å². The predicted octanol–water partition coefficient (Wildman–Crippen LogP) is 5.42. The van der Waals surface area contributed by atoms with Gasteiger partial charge in [-0.1, -0.05) is 66.2 Å². The van der Waals surface area contributed by atoms with E-state index in [0.717, 1.165) is 51.0 Å². The van der Waals surface area contributed by atoms with E-state index in [9.17, 15) is 4.79 Å². The van der Waals surface area contributed by atoms with Gasteiger partial charge >= 0.3 is 0 Å². The van der Waals surface area contributed by atoms with Crippen molar-refractivity contribution in [1.29, 1.82) is 0 Å². The molecule has 1 saturated heterocycles. The molecule has 3 atom stereocenters. The number of nitrogens with zero attached hydrogens (tertiary/aromatic N) is 4. The molecule has 1 heterocycles. The standard InChI is InChI=1S/C35H50N4O/c1-26-14-16-31(27(2)19-26)22-34(37(6)7)24-38-23-28(3)39(25-33(38)13-10-18-36(4)5)35(40)21-29-15-17-30-11-8-9-12-32(30)20-29/h8-9,11-12,14-17,19-20,28,33-34H,10,13,18,21-25H2,1-7H3/t28-,33+,34-/m1/s1. The molecule has 5 heteroatoms.